The van der Waals surface area contributed by atoms with Gasteiger partial charge in [-0.3, -0.25) is 9.59 Å². The summed E-state index contributed by atoms with van der Waals surface area (Å²) in [5, 5.41) is 3.62. The van der Waals surface area contributed by atoms with Crippen LogP contribution in [0.4, 0.5) is 0 Å². The Hall–Kier alpha value is -3.08. The number of benzene rings is 2. The van der Waals surface area contributed by atoms with Crippen LogP contribution in [-0.4, -0.2) is 18.5 Å². The number of fused-ring (bicyclic) bond motifs is 1. The number of aryl methyl sites for hydroxylation is 2. The number of ether oxygens (including phenoxy) is 1. The lowest BCUT2D eigenvalue weighted by Crippen LogP contribution is -2.28. The van der Waals surface area contributed by atoms with Crippen LogP contribution in [0.1, 0.15) is 22.3 Å². The Balaban J connectivity index is 1.51. The molecule has 134 valence electrons. The zero-order chi connectivity index (χ0) is 18.5. The summed E-state index contributed by atoms with van der Waals surface area (Å²) in [5.74, 6) is -0.786. The summed E-state index contributed by atoms with van der Waals surface area (Å²) in [5.41, 5.74) is 4.73. The Bertz CT molecular complexity index is 928. The predicted octanol–water partition coefficient (Wildman–Crippen LogP) is 3.45. The standard InChI is InChI=1S/C21H21NO4/c1-14-8-9-18-17(12-26-21(18)15(14)2)10-20(24)25-13-19(23)22-11-16-6-4-3-5-7-16/h3-9,12H,10-11,13H2,1-2H3,(H,22,23). The van der Waals surface area contributed by atoms with Crippen molar-refractivity contribution >= 4 is 22.8 Å². The van der Waals surface area contributed by atoms with E-state index in [0.717, 1.165) is 33.2 Å². The maximum absolute atomic E-state index is 12.0. The van der Waals surface area contributed by atoms with Gasteiger partial charge in [0.05, 0.1) is 12.7 Å². The van der Waals surface area contributed by atoms with E-state index in [-0.39, 0.29) is 18.9 Å². The maximum Gasteiger partial charge on any atom is 0.310 e. The molecule has 0 unspecified atom stereocenters. The lowest BCUT2D eigenvalue weighted by atomic mass is 10.0. The summed E-state index contributed by atoms with van der Waals surface area (Å²) in [4.78, 5) is 23.9. The molecule has 1 N–H and O–H groups in total. The molecule has 26 heavy (non-hydrogen) atoms. The first-order chi connectivity index (χ1) is 12.5. The van der Waals surface area contributed by atoms with E-state index in [4.69, 9.17) is 9.15 Å². The molecule has 0 aliphatic rings. The van der Waals surface area contributed by atoms with Crippen molar-refractivity contribution in [3.63, 3.8) is 0 Å². The number of furan rings is 1. The van der Waals surface area contributed by atoms with Crippen molar-refractivity contribution in [1.82, 2.24) is 5.32 Å². The SMILES string of the molecule is Cc1ccc2c(CC(=O)OCC(=O)NCc3ccccc3)coc2c1C. The van der Waals surface area contributed by atoms with Gasteiger partial charge in [-0.1, -0.05) is 42.5 Å². The van der Waals surface area contributed by atoms with Gasteiger partial charge in [0.2, 0.25) is 0 Å². The topological polar surface area (TPSA) is 68.5 Å². The number of esters is 1. The molecule has 0 spiro atoms. The van der Waals surface area contributed by atoms with Gasteiger partial charge in [0.15, 0.2) is 6.61 Å². The number of rotatable bonds is 6. The molecule has 0 saturated carbocycles. The van der Waals surface area contributed by atoms with E-state index in [1.165, 1.54) is 0 Å². The minimum absolute atomic E-state index is 0.0709. The van der Waals surface area contributed by atoms with Crippen molar-refractivity contribution in [3.8, 4) is 0 Å². The van der Waals surface area contributed by atoms with Crippen molar-refractivity contribution in [1.29, 1.82) is 0 Å². The first-order valence-electron chi connectivity index (χ1n) is 8.47. The molecule has 0 saturated heterocycles. The van der Waals surface area contributed by atoms with E-state index in [0.29, 0.717) is 6.54 Å². The van der Waals surface area contributed by atoms with E-state index >= 15 is 0 Å². The number of carbonyl (C=O) groups excluding carboxylic acids is 2. The van der Waals surface area contributed by atoms with E-state index in [1.54, 1.807) is 6.26 Å². The van der Waals surface area contributed by atoms with Crippen molar-refractivity contribution in [2.75, 3.05) is 6.61 Å². The predicted molar refractivity (Wildman–Crippen MR) is 98.6 cm³/mol. The highest BCUT2D eigenvalue weighted by atomic mass is 16.5. The molecule has 0 aliphatic heterocycles. The minimum atomic E-state index is -0.458. The van der Waals surface area contributed by atoms with Gasteiger partial charge in [0.25, 0.3) is 5.91 Å². The van der Waals surface area contributed by atoms with Gasteiger partial charge < -0.3 is 14.5 Å². The lowest BCUT2D eigenvalue weighted by Gasteiger charge is -2.06. The molecule has 0 fully saturated rings. The fourth-order valence-corrected chi connectivity index (χ4v) is 2.73. The molecule has 1 amide bonds. The second-order valence-electron chi connectivity index (χ2n) is 6.24. The molecule has 1 aromatic heterocycles. The highest BCUT2D eigenvalue weighted by Gasteiger charge is 2.14. The van der Waals surface area contributed by atoms with Gasteiger partial charge in [-0.2, -0.15) is 0 Å². The molecule has 1 heterocycles. The van der Waals surface area contributed by atoms with Crippen LogP contribution >= 0.6 is 0 Å². The fraction of sp³-hybridized carbons (Fsp3) is 0.238. The number of carbonyl (C=O) groups is 2. The van der Waals surface area contributed by atoms with Crippen LogP contribution < -0.4 is 5.32 Å². The van der Waals surface area contributed by atoms with E-state index in [2.05, 4.69) is 5.32 Å². The molecule has 0 aliphatic carbocycles. The molecular formula is C21H21NO4. The lowest BCUT2D eigenvalue weighted by molar-refractivity contribution is -0.147. The molecule has 0 radical (unpaired) electrons. The first-order valence-corrected chi connectivity index (χ1v) is 8.47. The number of hydrogen-bond donors (Lipinski definition) is 1. The van der Waals surface area contributed by atoms with Crippen LogP contribution in [0.15, 0.2) is 53.1 Å². The Morgan fingerprint density at radius 1 is 1.08 bits per heavy atom. The summed E-state index contributed by atoms with van der Waals surface area (Å²) in [7, 11) is 0. The highest BCUT2D eigenvalue weighted by Crippen LogP contribution is 2.26. The summed E-state index contributed by atoms with van der Waals surface area (Å²) in [6, 6.07) is 13.5. The van der Waals surface area contributed by atoms with E-state index in [9.17, 15) is 9.59 Å². The van der Waals surface area contributed by atoms with Crippen LogP contribution in [-0.2, 0) is 27.3 Å². The summed E-state index contributed by atoms with van der Waals surface area (Å²) in [6.45, 7) is 4.11. The van der Waals surface area contributed by atoms with E-state index in [1.807, 2.05) is 56.3 Å². The molecule has 3 rings (SSSR count). The van der Waals surface area contributed by atoms with Gasteiger partial charge >= 0.3 is 5.97 Å². The molecule has 2 aromatic carbocycles. The summed E-state index contributed by atoms with van der Waals surface area (Å²) in [6.07, 6.45) is 1.65. The maximum atomic E-state index is 12.0. The second-order valence-corrected chi connectivity index (χ2v) is 6.24. The van der Waals surface area contributed by atoms with Crippen LogP contribution in [0, 0.1) is 13.8 Å². The molecule has 3 aromatic rings. The van der Waals surface area contributed by atoms with Gasteiger partial charge in [-0.05, 0) is 30.5 Å². The molecule has 5 nitrogen and oxygen atoms in total. The molecule has 0 bridgehead atoms. The Labute approximate surface area is 152 Å². The number of hydrogen-bond acceptors (Lipinski definition) is 4. The normalized spacial score (nSPS) is 10.7. The molecular weight excluding hydrogens is 330 g/mol. The van der Waals surface area contributed by atoms with E-state index < -0.39 is 5.97 Å². The Morgan fingerprint density at radius 3 is 2.62 bits per heavy atom. The Kier molecular flexibility index (Phi) is 5.37. The van der Waals surface area contributed by atoms with Gasteiger partial charge in [0, 0.05) is 17.5 Å². The summed E-state index contributed by atoms with van der Waals surface area (Å²) >= 11 is 0. The van der Waals surface area contributed by atoms with Gasteiger partial charge in [0.1, 0.15) is 5.58 Å². The average Bonchev–Trinajstić information content (AvgIpc) is 3.05. The number of nitrogens with one attached hydrogen (secondary N) is 1. The zero-order valence-corrected chi connectivity index (χ0v) is 14.9. The number of amides is 1. The van der Waals surface area contributed by atoms with Crippen LogP contribution in [0.2, 0.25) is 0 Å². The van der Waals surface area contributed by atoms with Crippen molar-refractivity contribution in [3.05, 3.63) is 71.0 Å². The Morgan fingerprint density at radius 2 is 1.85 bits per heavy atom. The molecule has 0 atom stereocenters. The smallest absolute Gasteiger partial charge is 0.310 e. The third kappa shape index (κ3) is 4.11. The third-order valence-corrected chi connectivity index (χ3v) is 4.37. The highest BCUT2D eigenvalue weighted by molar-refractivity contribution is 5.89. The minimum Gasteiger partial charge on any atom is -0.464 e. The third-order valence-electron chi connectivity index (χ3n) is 4.37. The van der Waals surface area contributed by atoms with Crippen LogP contribution in [0.25, 0.3) is 11.0 Å². The summed E-state index contributed by atoms with van der Waals surface area (Å²) < 4.78 is 10.7. The molecule has 5 heteroatoms. The first kappa shape index (κ1) is 17.7. The van der Waals surface area contributed by atoms with Crippen molar-refractivity contribution in [2.45, 2.75) is 26.8 Å². The largest absolute Gasteiger partial charge is 0.464 e. The van der Waals surface area contributed by atoms with Crippen LogP contribution in [0.5, 0.6) is 0 Å². The van der Waals surface area contributed by atoms with Gasteiger partial charge in [-0.25, -0.2) is 0 Å². The average molecular weight is 351 g/mol. The fourth-order valence-electron chi connectivity index (χ4n) is 2.73. The van der Waals surface area contributed by atoms with Gasteiger partial charge in [-0.15, -0.1) is 0 Å². The van der Waals surface area contributed by atoms with Crippen molar-refractivity contribution in [2.24, 2.45) is 0 Å². The van der Waals surface area contributed by atoms with Crippen molar-refractivity contribution < 1.29 is 18.7 Å². The second kappa shape index (κ2) is 7.87. The zero-order valence-electron chi connectivity index (χ0n) is 14.9. The van der Waals surface area contributed by atoms with Crippen LogP contribution in [0.3, 0.4) is 0 Å². The quantitative estimate of drug-likeness (QED) is 0.691. The monoisotopic (exact) mass is 351 g/mol.